The maximum absolute atomic E-state index is 16.0. The first-order valence-electron chi connectivity index (χ1n) is 13.4. The minimum absolute atomic E-state index is 0.0146. The number of nitrogens with zero attached hydrogens (tertiary/aromatic N) is 7. The summed E-state index contributed by atoms with van der Waals surface area (Å²) in [6, 6.07) is 0. The van der Waals surface area contributed by atoms with Crippen LogP contribution in [-0.2, 0) is 41.4 Å². The third-order valence-electron chi connectivity index (χ3n) is 7.59. The summed E-state index contributed by atoms with van der Waals surface area (Å²) < 4.78 is 85.1. The van der Waals surface area contributed by atoms with Crippen LogP contribution in [0.4, 0.5) is 16.2 Å². The molecule has 0 saturated carbocycles. The van der Waals surface area contributed by atoms with Gasteiger partial charge >= 0.3 is 0 Å². The second kappa shape index (κ2) is 11.5. The number of halogens is 1. The molecule has 25 heteroatoms. The molecular weight excluding hydrogens is 655 g/mol. The molecule has 240 valence electrons. The number of ether oxygens (including phenoxy) is 3. The van der Waals surface area contributed by atoms with Crippen molar-refractivity contribution in [2.75, 3.05) is 31.8 Å². The number of nitrogens with one attached hydrogen (secondary N) is 1. The van der Waals surface area contributed by atoms with Crippen LogP contribution in [0.1, 0.15) is 12.5 Å². The van der Waals surface area contributed by atoms with E-state index < -0.39 is 82.9 Å². The predicted octanol–water partition coefficient (Wildman–Crippen LogP) is -0.358. The lowest BCUT2D eigenvalue weighted by Crippen LogP contribution is -2.37. The van der Waals surface area contributed by atoms with E-state index in [0.29, 0.717) is 0 Å². The molecule has 46 heavy (non-hydrogen) atoms. The fourth-order valence-electron chi connectivity index (χ4n) is 5.58. The van der Waals surface area contributed by atoms with Gasteiger partial charge in [-0.2, -0.15) is 4.98 Å². The number of nitrogen functional groups attached to an aromatic ring is 2. The predicted molar refractivity (Wildman–Crippen MR) is 154 cm³/mol. The van der Waals surface area contributed by atoms with E-state index in [1.54, 1.807) is 0 Å². The van der Waals surface area contributed by atoms with Crippen molar-refractivity contribution in [1.82, 2.24) is 39.0 Å². The van der Waals surface area contributed by atoms with Gasteiger partial charge in [-0.3, -0.25) is 28.0 Å². The summed E-state index contributed by atoms with van der Waals surface area (Å²) in [4.78, 5) is 34.9. The molecule has 3 aliphatic heterocycles. The number of methoxy groups -OCH3 is 1. The molecule has 7 heterocycles. The molecule has 0 spiro atoms. The molecule has 4 aromatic heterocycles. The van der Waals surface area contributed by atoms with Crippen molar-refractivity contribution in [2.45, 2.75) is 49.1 Å². The number of H-pyrrole nitrogens is 1. The Balaban J connectivity index is 1.22. The Morgan fingerprint density at radius 1 is 0.935 bits per heavy atom. The summed E-state index contributed by atoms with van der Waals surface area (Å²) in [6.07, 6.45) is -7.88. The average Bonchev–Trinajstić information content (AvgIpc) is 3.75. The monoisotopic (exact) mass is 678 g/mol. The van der Waals surface area contributed by atoms with Gasteiger partial charge in [0, 0.05) is 7.11 Å². The van der Waals surface area contributed by atoms with Gasteiger partial charge in [-0.25, -0.2) is 24.3 Å². The van der Waals surface area contributed by atoms with E-state index >= 15 is 4.39 Å². The van der Waals surface area contributed by atoms with Gasteiger partial charge in [0.05, 0.1) is 25.9 Å². The summed E-state index contributed by atoms with van der Waals surface area (Å²) >= 11 is 0. The van der Waals surface area contributed by atoms with Crippen LogP contribution in [0.3, 0.4) is 0 Å². The van der Waals surface area contributed by atoms with Crippen LogP contribution in [0.25, 0.3) is 22.3 Å². The normalized spacial score (nSPS) is 37.1. The van der Waals surface area contributed by atoms with Gasteiger partial charge in [-0.15, -0.1) is 0 Å². The number of hydrogen-bond acceptors (Lipinski definition) is 17. The molecular formula is C21H23B2FN10O10P2. The summed E-state index contributed by atoms with van der Waals surface area (Å²) in [5.74, 6) is -0.177. The molecule has 0 aliphatic carbocycles. The van der Waals surface area contributed by atoms with Crippen molar-refractivity contribution in [1.29, 1.82) is 0 Å². The van der Waals surface area contributed by atoms with Crippen LogP contribution >= 0.6 is 14.9 Å². The maximum atomic E-state index is 16.0. The van der Waals surface area contributed by atoms with Crippen LogP contribution in [0, 0.1) is 0 Å². The lowest BCUT2D eigenvalue weighted by Gasteiger charge is -2.28. The third kappa shape index (κ3) is 5.44. The SMILES string of the molecule is [B][P@@]1(=O)OCC2O[C@@H](n3cnc4c(=O)[nH]c(N)nc43)[C@@H](O[P@]([B])(=O)OC[C@H]3OC(n4cnc5c(N)ncnc54)[C@@H](F)[C@H]3O1)[C@H]2OC. The van der Waals surface area contributed by atoms with Crippen molar-refractivity contribution in [3.8, 4) is 0 Å². The zero-order chi connectivity index (χ0) is 32.5. The van der Waals surface area contributed by atoms with E-state index in [9.17, 15) is 13.9 Å². The summed E-state index contributed by atoms with van der Waals surface area (Å²) in [5.41, 5.74) is 11.1. The molecule has 2 unspecified atom stereocenters. The summed E-state index contributed by atoms with van der Waals surface area (Å²) in [7, 11) is 4.07. The number of anilines is 2. The molecule has 0 aromatic carbocycles. The summed E-state index contributed by atoms with van der Waals surface area (Å²) in [6.45, 7) is -1.25. The lowest BCUT2D eigenvalue weighted by molar-refractivity contribution is -0.0578. The fourth-order valence-corrected chi connectivity index (χ4v) is 7.57. The molecule has 3 saturated heterocycles. The van der Waals surface area contributed by atoms with Crippen molar-refractivity contribution >= 4 is 64.2 Å². The number of aromatic nitrogens is 8. The van der Waals surface area contributed by atoms with Crippen LogP contribution in [-0.4, -0.2) is 111 Å². The lowest BCUT2D eigenvalue weighted by atomic mass is 10.1. The Bertz CT molecular complexity index is 1970. The Kier molecular flexibility index (Phi) is 7.81. The van der Waals surface area contributed by atoms with Gasteiger partial charge in [0.1, 0.15) is 42.4 Å². The highest BCUT2D eigenvalue weighted by Gasteiger charge is 2.53. The Morgan fingerprint density at radius 3 is 2.28 bits per heavy atom. The molecule has 4 aromatic rings. The van der Waals surface area contributed by atoms with E-state index in [2.05, 4.69) is 29.9 Å². The van der Waals surface area contributed by atoms with E-state index in [0.717, 1.165) is 6.33 Å². The molecule has 20 nitrogen and oxygen atoms in total. The van der Waals surface area contributed by atoms with Crippen molar-refractivity contribution in [2.24, 2.45) is 0 Å². The number of hydrogen-bond donors (Lipinski definition) is 3. The van der Waals surface area contributed by atoms with Crippen LogP contribution in [0.2, 0.25) is 0 Å². The third-order valence-corrected chi connectivity index (χ3v) is 9.68. The first-order chi connectivity index (χ1) is 21.9. The van der Waals surface area contributed by atoms with Gasteiger partial charge < -0.3 is 43.8 Å². The van der Waals surface area contributed by atoms with Crippen molar-refractivity contribution < 1.29 is 45.8 Å². The fraction of sp³-hybridized carbons (Fsp3) is 0.524. The minimum Gasteiger partial charge on any atom is -0.382 e. The second-order valence-electron chi connectivity index (χ2n) is 10.4. The minimum atomic E-state index is -4.57. The van der Waals surface area contributed by atoms with Gasteiger partial charge in [-0.1, -0.05) is 0 Å². The van der Waals surface area contributed by atoms with Crippen molar-refractivity contribution in [3.05, 3.63) is 29.3 Å². The molecule has 10 atom stereocenters. The van der Waals surface area contributed by atoms with Gasteiger partial charge in [0.2, 0.25) is 21.1 Å². The van der Waals surface area contributed by atoms with E-state index in [-0.39, 0.29) is 34.1 Å². The van der Waals surface area contributed by atoms with Gasteiger partial charge in [0.15, 0.2) is 41.3 Å². The number of alkyl halides is 1. The maximum Gasteiger partial charge on any atom is 0.280 e. The molecule has 5 N–H and O–H groups in total. The first kappa shape index (κ1) is 31.3. The average molecular weight is 678 g/mol. The number of rotatable bonds is 3. The zero-order valence-electron chi connectivity index (χ0n) is 23.6. The highest BCUT2D eigenvalue weighted by atomic mass is 31.2. The standard InChI is InChI=1S/C21H23B2FN10O10P2/c1-38-13-8-3-40-45(22,36)43-12-7(41-19(9(12)24)33-5-29-10-15(25)27-4-28-16(10)33)2-39-46(23,37)44-14(13)20(42-8)34-6-30-11-17(34)31-21(26)32-18(11)35/h4-9,12-14,19-20H,2-3H2,1H3,(H2,25,27,28)(H3,26,31,32,35)/t7-,8?,9+,12+,13+,14+,19?,20-,45-,46-/m1/s1. The van der Waals surface area contributed by atoms with Crippen LogP contribution in [0.5, 0.6) is 0 Å². The van der Waals surface area contributed by atoms with Crippen LogP contribution in [0.15, 0.2) is 23.8 Å². The molecule has 4 radical (unpaired) electrons. The van der Waals surface area contributed by atoms with E-state index in [1.807, 2.05) is 0 Å². The molecule has 7 rings (SSSR count). The molecule has 3 aliphatic rings. The Labute approximate surface area is 259 Å². The number of aromatic amines is 1. The molecule has 3 fully saturated rings. The van der Waals surface area contributed by atoms with E-state index in [4.69, 9.17) is 58.9 Å². The zero-order valence-corrected chi connectivity index (χ0v) is 25.3. The topological polar surface area (TPSA) is 258 Å². The second-order valence-corrected chi connectivity index (χ2v) is 13.5. The largest absolute Gasteiger partial charge is 0.382 e. The quantitative estimate of drug-likeness (QED) is 0.185. The van der Waals surface area contributed by atoms with Gasteiger partial charge in [0.25, 0.3) is 20.5 Å². The smallest absolute Gasteiger partial charge is 0.280 e. The number of imidazole rings is 2. The van der Waals surface area contributed by atoms with E-state index in [1.165, 1.54) is 28.9 Å². The Morgan fingerprint density at radius 2 is 1.57 bits per heavy atom. The molecule has 0 amide bonds. The Hall–Kier alpha value is -3.26. The van der Waals surface area contributed by atoms with Crippen molar-refractivity contribution in [3.63, 3.8) is 0 Å². The van der Waals surface area contributed by atoms with Gasteiger partial charge in [-0.05, 0) is 0 Å². The number of fused-ring (bicyclic) bond motifs is 5. The molecule has 2 bridgehead atoms. The first-order valence-corrected chi connectivity index (χ1v) is 16.6. The number of nitrogens with two attached hydrogens (primary N) is 2. The summed E-state index contributed by atoms with van der Waals surface area (Å²) in [5, 5.41) is 0. The highest BCUT2D eigenvalue weighted by Crippen LogP contribution is 2.54. The highest BCUT2D eigenvalue weighted by molar-refractivity contribution is 7.79. The van der Waals surface area contributed by atoms with Crippen LogP contribution < -0.4 is 17.0 Å².